The monoisotopic (exact) mass is 826 g/mol. The molecule has 0 fully saturated rings. The van der Waals surface area contributed by atoms with Crippen LogP contribution in [0.1, 0.15) is 89.7 Å². The number of ether oxygens (including phenoxy) is 6. The van der Waals surface area contributed by atoms with E-state index in [2.05, 4.69) is 0 Å². The Bertz CT molecular complexity index is 1790. The van der Waals surface area contributed by atoms with E-state index in [0.29, 0.717) is 44.5 Å². The lowest BCUT2D eigenvalue weighted by Gasteiger charge is -2.26. The van der Waals surface area contributed by atoms with Gasteiger partial charge in [-0.2, -0.15) is 0 Å². The molecule has 0 aliphatic carbocycles. The topological polar surface area (TPSA) is 177 Å². The van der Waals surface area contributed by atoms with E-state index >= 15 is 0 Å². The van der Waals surface area contributed by atoms with Crippen molar-refractivity contribution in [2.24, 2.45) is 0 Å². The maximum atomic E-state index is 11.2. The van der Waals surface area contributed by atoms with Gasteiger partial charge in [-0.25, -0.2) is 0 Å². The second kappa shape index (κ2) is 22.0. The first kappa shape index (κ1) is 46.1. The molecule has 12 nitrogen and oxygen atoms in total. The van der Waals surface area contributed by atoms with Gasteiger partial charge in [-0.3, -0.25) is 0 Å². The van der Waals surface area contributed by atoms with Crippen LogP contribution in [-0.2, 0) is 80.9 Å². The van der Waals surface area contributed by atoms with Crippen molar-refractivity contribution in [3.8, 4) is 23.0 Å². The molecule has 0 saturated carbocycles. The van der Waals surface area contributed by atoms with Gasteiger partial charge in [0, 0.05) is 101 Å². The Morgan fingerprint density at radius 2 is 0.533 bits per heavy atom. The zero-order valence-electron chi connectivity index (χ0n) is 35.3. The fourth-order valence-corrected chi connectivity index (χ4v) is 8.07. The third-order valence-electron chi connectivity index (χ3n) is 10.7. The normalized spacial score (nSPS) is 12.1. The van der Waals surface area contributed by atoms with Crippen molar-refractivity contribution in [1.29, 1.82) is 0 Å². The molecule has 60 heavy (non-hydrogen) atoms. The van der Waals surface area contributed by atoms with Gasteiger partial charge in [0.25, 0.3) is 0 Å². The van der Waals surface area contributed by atoms with Gasteiger partial charge in [0.15, 0.2) is 0 Å². The Labute approximate surface area is 352 Å². The van der Waals surface area contributed by atoms with Crippen LogP contribution in [0.3, 0.4) is 0 Å². The molecule has 0 amide bonds. The van der Waals surface area contributed by atoms with Crippen molar-refractivity contribution in [1.82, 2.24) is 0 Å². The molecular formula is C48H58O12. The summed E-state index contributed by atoms with van der Waals surface area (Å²) in [6, 6.07) is 23.4. The molecule has 12 heteroatoms. The molecule has 5 aromatic carbocycles. The number of aromatic hydroxyl groups is 4. The average molecular weight is 827 g/mol. The number of rotatable bonds is 22. The zero-order valence-corrected chi connectivity index (χ0v) is 35.3. The number of methoxy groups -OCH3 is 6. The summed E-state index contributed by atoms with van der Waals surface area (Å²) in [6.07, 6.45) is 0.409. The molecule has 0 aliphatic heterocycles. The van der Waals surface area contributed by atoms with Gasteiger partial charge in [-0.1, -0.05) is 36.4 Å². The maximum absolute atomic E-state index is 11.2. The van der Waals surface area contributed by atoms with Crippen molar-refractivity contribution in [2.45, 2.75) is 64.3 Å². The summed E-state index contributed by atoms with van der Waals surface area (Å²) in [6.45, 7) is 0.577. The Morgan fingerprint density at radius 1 is 0.333 bits per heavy atom. The second-order valence-corrected chi connectivity index (χ2v) is 14.8. The Balaban J connectivity index is 1.80. The van der Waals surface area contributed by atoms with Crippen LogP contribution >= 0.6 is 0 Å². The predicted octanol–water partition coefficient (Wildman–Crippen LogP) is 6.82. The summed E-state index contributed by atoms with van der Waals surface area (Å²) >= 11 is 0. The molecule has 5 aromatic rings. The number of phenolic OH excluding ortho intramolecular Hbond substituents is 4. The van der Waals surface area contributed by atoms with Gasteiger partial charge >= 0.3 is 0 Å². The maximum Gasteiger partial charge on any atom is 0.126 e. The standard InChI is InChI=1S/C48H58O12/c1-55-23-37-17-34(18-38(24-56-2)46(37)52)43(33-15-31(11-13-49)45(51)32(16-33)12-14-50)29-7-9-30(10-8-29)44(35-19-39(25-57-3)47(53)40(20-35)26-58-4)36-21-41(27-59-5)48(54)42(22-36)28-60-6/h7-10,15-22,43-44,49-54H,11-14,23-28H2,1-6H3. The van der Waals surface area contributed by atoms with Crippen molar-refractivity contribution in [3.63, 3.8) is 0 Å². The first-order valence-electron chi connectivity index (χ1n) is 19.7. The van der Waals surface area contributed by atoms with Gasteiger partial charge in [0.2, 0.25) is 0 Å². The molecule has 0 bridgehead atoms. The van der Waals surface area contributed by atoms with Gasteiger partial charge in [0.05, 0.1) is 39.6 Å². The minimum absolute atomic E-state index is 0.0359. The highest BCUT2D eigenvalue weighted by Crippen LogP contribution is 2.43. The minimum Gasteiger partial charge on any atom is -0.507 e. The van der Waals surface area contributed by atoms with E-state index in [-0.39, 0.29) is 88.7 Å². The summed E-state index contributed by atoms with van der Waals surface area (Å²) in [7, 11) is 9.40. The van der Waals surface area contributed by atoms with Gasteiger partial charge < -0.3 is 59.1 Å². The molecule has 0 heterocycles. The molecule has 0 saturated heterocycles. The van der Waals surface area contributed by atoms with E-state index in [1.165, 1.54) is 0 Å². The SMILES string of the molecule is COCc1cc(C(c2ccc(C(c3cc(COC)c(O)c(COC)c3)c3cc(COC)c(O)c(COC)c3)cc2)c2cc(CCO)c(O)c(CCO)c2)cc(COC)c1O. The van der Waals surface area contributed by atoms with Crippen LogP contribution in [0.2, 0.25) is 0 Å². The summed E-state index contributed by atoms with van der Waals surface area (Å²) in [5.41, 5.74) is 9.70. The third-order valence-corrected chi connectivity index (χ3v) is 10.7. The molecule has 5 rings (SSSR count). The summed E-state index contributed by atoms with van der Waals surface area (Å²) in [4.78, 5) is 0. The van der Waals surface area contributed by atoms with Crippen molar-refractivity contribution >= 4 is 0 Å². The molecular weight excluding hydrogens is 769 g/mol. The lowest BCUT2D eigenvalue weighted by Crippen LogP contribution is -2.11. The fourth-order valence-electron chi connectivity index (χ4n) is 8.07. The van der Waals surface area contributed by atoms with Crippen LogP contribution in [0.15, 0.2) is 72.8 Å². The zero-order chi connectivity index (χ0) is 43.3. The van der Waals surface area contributed by atoms with Crippen LogP contribution in [0.4, 0.5) is 0 Å². The molecule has 0 aromatic heterocycles. The highest BCUT2D eigenvalue weighted by Gasteiger charge is 2.27. The molecule has 1 unspecified atom stereocenters. The highest BCUT2D eigenvalue weighted by molar-refractivity contribution is 5.57. The lowest BCUT2D eigenvalue weighted by molar-refractivity contribution is 0.174. The molecule has 1 atom stereocenters. The van der Waals surface area contributed by atoms with Crippen LogP contribution in [0, 0.1) is 0 Å². The first-order valence-corrected chi connectivity index (χ1v) is 19.7. The van der Waals surface area contributed by atoms with E-state index in [1.807, 2.05) is 72.8 Å². The van der Waals surface area contributed by atoms with E-state index in [0.717, 1.165) is 33.4 Å². The van der Waals surface area contributed by atoms with Crippen LogP contribution in [0.5, 0.6) is 23.0 Å². The summed E-state index contributed by atoms with van der Waals surface area (Å²) < 4.78 is 33.0. The van der Waals surface area contributed by atoms with Gasteiger partial charge in [-0.15, -0.1) is 0 Å². The Kier molecular flexibility index (Phi) is 16.9. The highest BCUT2D eigenvalue weighted by atomic mass is 16.5. The molecule has 0 spiro atoms. The van der Waals surface area contributed by atoms with Crippen molar-refractivity contribution in [3.05, 3.63) is 151 Å². The van der Waals surface area contributed by atoms with E-state index in [1.54, 1.807) is 42.7 Å². The smallest absolute Gasteiger partial charge is 0.126 e. The number of aliphatic hydroxyl groups is 2. The van der Waals surface area contributed by atoms with Gasteiger partial charge in [-0.05, 0) is 93.7 Å². The number of hydrogen-bond donors (Lipinski definition) is 6. The number of hydrogen-bond acceptors (Lipinski definition) is 12. The molecule has 6 N–H and O–H groups in total. The predicted molar refractivity (Wildman–Crippen MR) is 227 cm³/mol. The van der Waals surface area contributed by atoms with Crippen LogP contribution in [0.25, 0.3) is 0 Å². The number of aliphatic hydroxyl groups excluding tert-OH is 2. The lowest BCUT2D eigenvalue weighted by atomic mass is 9.79. The van der Waals surface area contributed by atoms with Crippen LogP contribution in [-0.4, -0.2) is 86.5 Å². The van der Waals surface area contributed by atoms with E-state index in [9.17, 15) is 30.6 Å². The quantitative estimate of drug-likeness (QED) is 0.0403. The fraction of sp³-hybridized carbons (Fsp3) is 0.375. The largest absolute Gasteiger partial charge is 0.507 e. The summed E-state index contributed by atoms with van der Waals surface area (Å²) in [5.74, 6) is -0.576. The Morgan fingerprint density at radius 3 is 0.733 bits per heavy atom. The first-order chi connectivity index (χ1) is 29.1. The third kappa shape index (κ3) is 10.5. The number of phenols is 4. The number of benzene rings is 5. The minimum atomic E-state index is -0.453. The Hall–Kier alpha value is -5.02. The van der Waals surface area contributed by atoms with Crippen LogP contribution < -0.4 is 0 Å². The van der Waals surface area contributed by atoms with Crippen molar-refractivity contribution in [2.75, 3.05) is 55.9 Å². The molecule has 0 radical (unpaired) electrons. The molecule has 0 aliphatic rings. The average Bonchev–Trinajstić information content (AvgIpc) is 3.23. The van der Waals surface area contributed by atoms with E-state index in [4.69, 9.17) is 28.4 Å². The van der Waals surface area contributed by atoms with E-state index < -0.39 is 11.8 Å². The van der Waals surface area contributed by atoms with Gasteiger partial charge in [0.1, 0.15) is 23.0 Å². The molecule has 322 valence electrons. The second-order valence-electron chi connectivity index (χ2n) is 14.8. The van der Waals surface area contributed by atoms with Crippen molar-refractivity contribution < 1.29 is 59.1 Å². The summed E-state index contributed by atoms with van der Waals surface area (Å²) in [5, 5.41) is 64.8.